The summed E-state index contributed by atoms with van der Waals surface area (Å²) in [5.41, 5.74) is 0.114. The molecular formula is C21H14F2N4O4S. The molecule has 4 rings (SSSR count). The minimum atomic E-state index is -4.09. The molecular weight excluding hydrogens is 442 g/mol. The molecule has 0 unspecified atom stereocenters. The van der Waals surface area contributed by atoms with Crippen molar-refractivity contribution in [1.29, 1.82) is 0 Å². The van der Waals surface area contributed by atoms with Gasteiger partial charge in [-0.3, -0.25) is 10.1 Å². The molecule has 0 bridgehead atoms. The number of benzene rings is 3. The third-order valence-corrected chi connectivity index (χ3v) is 6.16. The van der Waals surface area contributed by atoms with Gasteiger partial charge in [0.25, 0.3) is 5.69 Å². The van der Waals surface area contributed by atoms with Crippen LogP contribution in [0.4, 0.5) is 26.0 Å². The molecule has 0 saturated carbocycles. The van der Waals surface area contributed by atoms with E-state index in [2.05, 4.69) is 15.3 Å². The Morgan fingerprint density at radius 2 is 1.66 bits per heavy atom. The number of nitro benzene ring substituents is 1. The summed E-state index contributed by atoms with van der Waals surface area (Å²) in [6.45, 7) is 0. The van der Waals surface area contributed by atoms with Crippen LogP contribution in [-0.4, -0.2) is 23.3 Å². The van der Waals surface area contributed by atoms with E-state index >= 15 is 0 Å². The van der Waals surface area contributed by atoms with Crippen molar-refractivity contribution < 1.29 is 22.1 Å². The summed E-state index contributed by atoms with van der Waals surface area (Å²) in [5, 5.41) is 13.6. The maximum atomic E-state index is 14.2. The van der Waals surface area contributed by atoms with E-state index in [9.17, 15) is 27.3 Å². The number of nitrogens with one attached hydrogen (secondary N) is 1. The first-order valence-corrected chi connectivity index (χ1v) is 10.8. The van der Waals surface area contributed by atoms with E-state index < -0.39 is 32.1 Å². The molecule has 162 valence electrons. The molecule has 11 heteroatoms. The van der Waals surface area contributed by atoms with Gasteiger partial charge >= 0.3 is 0 Å². The second-order valence-corrected chi connectivity index (χ2v) is 8.76. The highest BCUT2D eigenvalue weighted by molar-refractivity contribution is 7.90. The van der Waals surface area contributed by atoms with Gasteiger partial charge in [-0.25, -0.2) is 27.2 Å². The second kappa shape index (κ2) is 8.27. The highest BCUT2D eigenvalue weighted by Gasteiger charge is 2.23. The Balaban J connectivity index is 1.80. The van der Waals surface area contributed by atoms with Crippen LogP contribution in [0.5, 0.6) is 0 Å². The van der Waals surface area contributed by atoms with Crippen LogP contribution in [0.1, 0.15) is 5.69 Å². The van der Waals surface area contributed by atoms with E-state index in [0.29, 0.717) is 11.0 Å². The minimum absolute atomic E-state index is 0.0566. The fourth-order valence-electron chi connectivity index (χ4n) is 3.01. The van der Waals surface area contributed by atoms with Crippen LogP contribution < -0.4 is 5.32 Å². The minimum Gasteiger partial charge on any atom is -0.336 e. The molecule has 1 N–H and O–H groups in total. The molecule has 0 spiro atoms. The lowest BCUT2D eigenvalue weighted by molar-refractivity contribution is -0.385. The summed E-state index contributed by atoms with van der Waals surface area (Å²) >= 11 is 0. The van der Waals surface area contributed by atoms with Gasteiger partial charge in [-0.05, 0) is 30.3 Å². The molecule has 32 heavy (non-hydrogen) atoms. The monoisotopic (exact) mass is 456 g/mol. The maximum Gasteiger partial charge on any atom is 0.270 e. The Morgan fingerprint density at radius 1 is 0.938 bits per heavy atom. The molecule has 0 saturated heterocycles. The Bertz CT molecular complexity index is 1460. The van der Waals surface area contributed by atoms with E-state index in [-0.39, 0.29) is 27.8 Å². The summed E-state index contributed by atoms with van der Waals surface area (Å²) in [5.74, 6) is -2.23. The summed E-state index contributed by atoms with van der Waals surface area (Å²) in [6.07, 6.45) is 0. The van der Waals surface area contributed by atoms with Crippen LogP contribution in [0.25, 0.3) is 11.0 Å². The molecule has 0 aliphatic carbocycles. The molecule has 0 radical (unpaired) electrons. The number of aromatic nitrogens is 2. The Hall–Kier alpha value is -3.99. The van der Waals surface area contributed by atoms with E-state index in [1.165, 1.54) is 18.2 Å². The normalized spacial score (nSPS) is 11.4. The van der Waals surface area contributed by atoms with Gasteiger partial charge in [-0.2, -0.15) is 0 Å². The van der Waals surface area contributed by atoms with Gasteiger partial charge in [0.05, 0.1) is 32.2 Å². The van der Waals surface area contributed by atoms with Gasteiger partial charge in [0, 0.05) is 18.2 Å². The van der Waals surface area contributed by atoms with Crippen LogP contribution in [0.2, 0.25) is 0 Å². The molecule has 0 aliphatic heterocycles. The molecule has 0 aliphatic rings. The fraction of sp³-hybridized carbons (Fsp3) is 0.0476. The summed E-state index contributed by atoms with van der Waals surface area (Å²) in [6, 6.07) is 14.0. The first-order chi connectivity index (χ1) is 15.2. The summed E-state index contributed by atoms with van der Waals surface area (Å²) in [4.78, 5) is 18.7. The molecule has 0 amide bonds. The molecule has 1 aromatic heterocycles. The Kier molecular flexibility index (Phi) is 5.49. The predicted molar refractivity (Wildman–Crippen MR) is 113 cm³/mol. The van der Waals surface area contributed by atoms with Gasteiger partial charge < -0.3 is 5.32 Å². The number of hydrogen-bond acceptors (Lipinski definition) is 7. The van der Waals surface area contributed by atoms with Crippen molar-refractivity contribution in [3.05, 3.63) is 94.2 Å². The number of sulfone groups is 1. The van der Waals surface area contributed by atoms with E-state index in [4.69, 9.17) is 0 Å². The van der Waals surface area contributed by atoms with E-state index in [1.54, 1.807) is 24.3 Å². The van der Waals surface area contributed by atoms with Gasteiger partial charge in [0.1, 0.15) is 17.4 Å². The number of para-hydroxylation sites is 2. The largest absolute Gasteiger partial charge is 0.336 e. The standard InChI is InChI=1S/C21H14F2N4O4S/c22-13-8-9-16(23)19(10-13)26-21-20(24-17-6-1-2-7-18(17)25-21)12-32(30,31)15-5-3-4-14(11-15)27(28)29/h1-11H,12H2,(H,25,26). The van der Waals surface area contributed by atoms with E-state index in [1.807, 2.05) is 0 Å². The van der Waals surface area contributed by atoms with Crippen molar-refractivity contribution >= 4 is 38.1 Å². The quantitative estimate of drug-likeness (QED) is 0.335. The number of hydrogen-bond donors (Lipinski definition) is 1. The van der Waals surface area contributed by atoms with Crippen molar-refractivity contribution in [2.45, 2.75) is 10.6 Å². The van der Waals surface area contributed by atoms with Crippen molar-refractivity contribution in [2.75, 3.05) is 5.32 Å². The van der Waals surface area contributed by atoms with Crippen LogP contribution in [0, 0.1) is 21.7 Å². The van der Waals surface area contributed by atoms with Crippen LogP contribution in [0.3, 0.4) is 0 Å². The average molecular weight is 456 g/mol. The zero-order valence-corrected chi connectivity index (χ0v) is 17.0. The number of rotatable bonds is 6. The van der Waals surface area contributed by atoms with Gasteiger partial charge in [0.15, 0.2) is 15.7 Å². The third kappa shape index (κ3) is 4.37. The third-order valence-electron chi connectivity index (χ3n) is 4.54. The molecule has 4 aromatic rings. The zero-order valence-electron chi connectivity index (χ0n) is 16.2. The average Bonchev–Trinajstić information content (AvgIpc) is 2.76. The highest BCUT2D eigenvalue weighted by Crippen LogP contribution is 2.27. The molecule has 0 atom stereocenters. The van der Waals surface area contributed by atoms with Gasteiger partial charge in [0.2, 0.25) is 0 Å². The number of nitrogens with zero attached hydrogens (tertiary/aromatic N) is 3. The van der Waals surface area contributed by atoms with Crippen molar-refractivity contribution in [1.82, 2.24) is 9.97 Å². The Morgan fingerprint density at radius 3 is 2.38 bits per heavy atom. The zero-order chi connectivity index (χ0) is 22.9. The van der Waals surface area contributed by atoms with Crippen LogP contribution >= 0.6 is 0 Å². The summed E-state index contributed by atoms with van der Waals surface area (Å²) in [7, 11) is -4.09. The first kappa shape index (κ1) is 21.2. The van der Waals surface area contributed by atoms with Crippen LogP contribution in [-0.2, 0) is 15.6 Å². The van der Waals surface area contributed by atoms with Gasteiger partial charge in [-0.1, -0.05) is 18.2 Å². The highest BCUT2D eigenvalue weighted by atomic mass is 32.2. The van der Waals surface area contributed by atoms with Crippen molar-refractivity contribution in [3.8, 4) is 0 Å². The molecule has 1 heterocycles. The lowest BCUT2D eigenvalue weighted by Crippen LogP contribution is -2.11. The van der Waals surface area contributed by atoms with Gasteiger partial charge in [-0.15, -0.1) is 0 Å². The fourth-order valence-corrected chi connectivity index (χ4v) is 4.33. The molecule has 3 aromatic carbocycles. The predicted octanol–water partition coefficient (Wildman–Crippen LogP) is 4.53. The van der Waals surface area contributed by atoms with Crippen LogP contribution in [0.15, 0.2) is 71.6 Å². The number of nitro groups is 1. The first-order valence-electron chi connectivity index (χ1n) is 9.18. The number of anilines is 2. The second-order valence-electron chi connectivity index (χ2n) is 6.77. The SMILES string of the molecule is O=[N+]([O-])c1cccc(S(=O)(=O)Cc2nc3ccccc3nc2Nc2cc(F)ccc2F)c1. The topological polar surface area (TPSA) is 115 Å². The van der Waals surface area contributed by atoms with E-state index in [0.717, 1.165) is 24.3 Å². The smallest absolute Gasteiger partial charge is 0.270 e. The molecule has 8 nitrogen and oxygen atoms in total. The van der Waals surface area contributed by atoms with Crippen molar-refractivity contribution in [2.24, 2.45) is 0 Å². The summed E-state index contributed by atoms with van der Waals surface area (Å²) < 4.78 is 53.7. The molecule has 0 fully saturated rings. The Labute approximate surface area is 180 Å². The number of non-ortho nitro benzene ring substituents is 1. The lowest BCUT2D eigenvalue weighted by atomic mass is 10.2. The number of halogens is 2. The lowest BCUT2D eigenvalue weighted by Gasteiger charge is -2.13. The number of fused-ring (bicyclic) bond motifs is 1. The van der Waals surface area contributed by atoms with Crippen molar-refractivity contribution in [3.63, 3.8) is 0 Å². The maximum absolute atomic E-state index is 14.2.